The van der Waals surface area contributed by atoms with Crippen molar-refractivity contribution in [1.82, 2.24) is 0 Å². The summed E-state index contributed by atoms with van der Waals surface area (Å²) in [4.78, 5) is 0. The normalized spacial score (nSPS) is 10.4. The van der Waals surface area contributed by atoms with Gasteiger partial charge in [0.25, 0.3) is 0 Å². The van der Waals surface area contributed by atoms with Crippen molar-refractivity contribution in [2.75, 3.05) is 11.9 Å². The second-order valence-electron chi connectivity index (χ2n) is 8.04. The number of nitrogens with zero attached hydrogens (tertiary/aromatic N) is 2. The minimum absolute atomic E-state index is 0. The Labute approximate surface area is 229 Å². The molecule has 0 bridgehead atoms. The van der Waals surface area contributed by atoms with Gasteiger partial charge in [-0.05, 0) is 43.2 Å². The van der Waals surface area contributed by atoms with Gasteiger partial charge in [0.05, 0.1) is 18.0 Å². The van der Waals surface area contributed by atoms with Crippen LogP contribution in [0.5, 0.6) is 5.75 Å². The summed E-state index contributed by atoms with van der Waals surface area (Å²) in [6.45, 7) is 0.772. The summed E-state index contributed by atoms with van der Waals surface area (Å²) in [5.74, 6) is 0.890. The fourth-order valence-electron chi connectivity index (χ4n) is 3.45. The van der Waals surface area contributed by atoms with E-state index in [1.807, 2.05) is 78.9 Å². The van der Waals surface area contributed by atoms with Gasteiger partial charge in [-0.1, -0.05) is 65.4 Å². The van der Waals surface area contributed by atoms with Crippen molar-refractivity contribution < 1.29 is 21.8 Å². The smallest absolute Gasteiger partial charge is 0.494 e. The molecule has 0 aromatic heterocycles. The predicted molar refractivity (Wildman–Crippen MR) is 147 cm³/mol. The van der Waals surface area contributed by atoms with Crippen molar-refractivity contribution in [2.45, 2.75) is 38.5 Å². The number of azo groups is 1. The number of hydrogen-bond donors (Lipinski definition) is 0. The van der Waals surface area contributed by atoms with Crippen LogP contribution in [0.15, 0.2) is 113 Å². The molecule has 4 aromatic rings. The van der Waals surface area contributed by atoms with Crippen LogP contribution in [0, 0.1) is 0 Å². The summed E-state index contributed by atoms with van der Waals surface area (Å²) in [5.41, 5.74) is 4.02. The molecule has 0 heterocycles. The maximum Gasteiger partial charge on any atom is 2.00 e. The van der Waals surface area contributed by atoms with Crippen LogP contribution in [0.1, 0.15) is 38.5 Å². The topological polar surface area (TPSA) is 34.0 Å². The molecular weight excluding hydrogens is 540 g/mol. The Balaban J connectivity index is 0.000000640. The zero-order valence-corrected chi connectivity index (χ0v) is 22.7. The molecule has 4 rings (SSSR count). The van der Waals surface area contributed by atoms with Gasteiger partial charge in [0, 0.05) is 5.33 Å². The van der Waals surface area contributed by atoms with E-state index in [1.165, 1.54) is 37.7 Å². The van der Waals surface area contributed by atoms with Gasteiger partial charge in [-0.2, -0.15) is 52.2 Å². The maximum atomic E-state index is 5.83. The zero-order chi connectivity index (χ0) is 23.7. The Hall–Kier alpha value is -2.46. The fourth-order valence-corrected chi connectivity index (χ4v) is 3.85. The van der Waals surface area contributed by atoms with Crippen molar-refractivity contribution in [3.8, 4) is 16.9 Å². The van der Waals surface area contributed by atoms with Crippen molar-refractivity contribution in [3.05, 3.63) is 103 Å². The van der Waals surface area contributed by atoms with E-state index in [-0.39, 0.29) is 17.1 Å². The van der Waals surface area contributed by atoms with E-state index >= 15 is 0 Å². The van der Waals surface area contributed by atoms with E-state index in [4.69, 9.17) is 4.74 Å². The first kappa shape index (κ1) is 28.8. The van der Waals surface area contributed by atoms with Gasteiger partial charge < -0.3 is 4.74 Å². The largest absolute Gasteiger partial charge is 2.00 e. The molecule has 4 aromatic carbocycles. The van der Waals surface area contributed by atoms with Crippen LogP contribution >= 0.6 is 15.9 Å². The van der Waals surface area contributed by atoms with Gasteiger partial charge in [-0.15, -0.1) is 6.07 Å². The molecule has 0 N–H and O–H groups in total. The third-order valence-corrected chi connectivity index (χ3v) is 5.87. The molecule has 0 aliphatic rings. The molecule has 184 valence electrons. The summed E-state index contributed by atoms with van der Waals surface area (Å²) in [6.07, 6.45) is 7.55. The quantitative estimate of drug-likeness (QED) is 0.0546. The number of unbranched alkanes of at least 4 members (excludes halogenated alkanes) is 5. The molecule has 0 aliphatic carbocycles. The molecule has 0 spiro atoms. The van der Waals surface area contributed by atoms with Gasteiger partial charge in [-0.3, -0.25) is 0 Å². The van der Waals surface area contributed by atoms with Gasteiger partial charge in [0.2, 0.25) is 0 Å². The van der Waals surface area contributed by atoms with Crippen LogP contribution in [0.3, 0.4) is 0 Å². The number of hydrogen-bond acceptors (Lipinski definition) is 3. The van der Waals surface area contributed by atoms with Gasteiger partial charge >= 0.3 is 17.1 Å². The number of ether oxygens (including phenoxy) is 1. The molecule has 0 saturated heterocycles. The molecule has 0 unspecified atom stereocenters. The minimum atomic E-state index is 0. The average molecular weight is 573 g/mol. The van der Waals surface area contributed by atoms with Crippen LogP contribution in [-0.4, -0.2) is 11.9 Å². The molecule has 0 fully saturated rings. The van der Waals surface area contributed by atoms with Crippen molar-refractivity contribution in [1.29, 1.82) is 0 Å². The van der Waals surface area contributed by atoms with E-state index in [9.17, 15) is 0 Å². The van der Waals surface area contributed by atoms with Gasteiger partial charge in [-0.25, -0.2) is 12.1 Å². The third-order valence-electron chi connectivity index (χ3n) is 5.31. The van der Waals surface area contributed by atoms with Crippen LogP contribution in [0.25, 0.3) is 11.1 Å². The SMILES string of the molecule is BrCCCCCCCCOc1ccc(N=Nc2cccc(-c3ccc[cH-]3)c2)cc1.[Fe+2].c1cc[cH-]c1. The summed E-state index contributed by atoms with van der Waals surface area (Å²) in [7, 11) is 0. The van der Waals surface area contributed by atoms with E-state index in [2.05, 4.69) is 50.4 Å². The van der Waals surface area contributed by atoms with E-state index in [0.717, 1.165) is 41.0 Å². The molecule has 3 nitrogen and oxygen atoms in total. The monoisotopic (exact) mass is 572 g/mol. The Morgan fingerprint density at radius 1 is 0.686 bits per heavy atom. The fraction of sp³-hybridized carbons (Fsp3) is 0.267. The predicted octanol–water partition coefficient (Wildman–Crippen LogP) is 10.0. The van der Waals surface area contributed by atoms with Crippen molar-refractivity contribution >= 4 is 27.3 Å². The Morgan fingerprint density at radius 3 is 2.06 bits per heavy atom. The number of benzene rings is 2. The van der Waals surface area contributed by atoms with E-state index in [0.29, 0.717) is 0 Å². The minimum Gasteiger partial charge on any atom is -0.494 e. The number of rotatable bonds is 12. The average Bonchev–Trinajstić information content (AvgIpc) is 3.63. The van der Waals surface area contributed by atoms with E-state index in [1.54, 1.807) is 0 Å². The zero-order valence-electron chi connectivity index (χ0n) is 20.0. The first-order valence-electron chi connectivity index (χ1n) is 12.0. The summed E-state index contributed by atoms with van der Waals surface area (Å²) < 4.78 is 5.83. The Kier molecular flexibility index (Phi) is 14.7. The second-order valence-corrected chi connectivity index (χ2v) is 8.83. The molecule has 35 heavy (non-hydrogen) atoms. The first-order chi connectivity index (χ1) is 16.8. The first-order valence-corrected chi connectivity index (χ1v) is 13.2. The molecular formula is C30H33BrFeN2O. The molecule has 0 amide bonds. The molecule has 5 heteroatoms. The summed E-state index contributed by atoms with van der Waals surface area (Å²) >= 11 is 3.47. The van der Waals surface area contributed by atoms with Crippen molar-refractivity contribution in [2.24, 2.45) is 10.2 Å². The molecule has 0 atom stereocenters. The number of halogens is 1. The molecule has 0 radical (unpaired) electrons. The number of alkyl halides is 1. The van der Waals surface area contributed by atoms with E-state index < -0.39 is 0 Å². The standard InChI is InChI=1S/C25H28BrN2O.C5H5.Fe/c26-18-7-3-1-2-4-8-19-29-25-16-14-23(15-17-25)27-28-24-13-9-12-22(20-24)21-10-5-6-11-21;1-2-4-5-3-1;/h5-6,9-17,20H,1-4,7-8,18-19H2;1-5H;/q2*-1;+2. The van der Waals surface area contributed by atoms with Gasteiger partial charge in [0.1, 0.15) is 5.75 Å². The van der Waals surface area contributed by atoms with Crippen LogP contribution in [0.2, 0.25) is 0 Å². The molecule has 0 saturated carbocycles. The Bertz CT molecular complexity index is 1030. The second kappa shape index (κ2) is 17.9. The Morgan fingerprint density at radius 2 is 1.40 bits per heavy atom. The van der Waals surface area contributed by atoms with Crippen LogP contribution in [0.4, 0.5) is 11.4 Å². The summed E-state index contributed by atoms with van der Waals surface area (Å²) in [5, 5.41) is 9.84. The van der Waals surface area contributed by atoms with Crippen molar-refractivity contribution in [3.63, 3.8) is 0 Å². The van der Waals surface area contributed by atoms with Gasteiger partial charge in [0.15, 0.2) is 0 Å². The maximum absolute atomic E-state index is 5.83. The van der Waals surface area contributed by atoms with Crippen LogP contribution < -0.4 is 4.74 Å². The summed E-state index contributed by atoms with van der Waals surface area (Å²) in [6, 6.07) is 34.2. The molecule has 0 aliphatic heterocycles. The van der Waals surface area contributed by atoms with Crippen LogP contribution in [-0.2, 0) is 17.1 Å². The third kappa shape index (κ3) is 11.7.